The zero-order valence-electron chi connectivity index (χ0n) is 44.8. The number of H-pyrrole nitrogens is 1. The Bertz CT molecular complexity index is 3120. The van der Waals surface area contributed by atoms with Crippen molar-refractivity contribution in [3.05, 3.63) is 124 Å². The third-order valence-corrected chi connectivity index (χ3v) is 20.4. The van der Waals surface area contributed by atoms with Crippen molar-refractivity contribution in [2.24, 2.45) is 58.5 Å². The molecule has 4 fully saturated rings. The lowest BCUT2D eigenvalue weighted by Crippen LogP contribution is -2.66. The lowest BCUT2D eigenvalue weighted by Gasteiger charge is -2.65. The van der Waals surface area contributed by atoms with Crippen LogP contribution in [0.15, 0.2) is 90.4 Å². The number of fused-ring (bicyclic) bond motifs is 3. The molecule has 1 saturated heterocycles. The average Bonchev–Trinajstić information content (AvgIpc) is 3.88. The normalized spacial score (nSPS) is 33.7. The number of aliphatic hydroxyl groups excluding tert-OH is 4. The molecule has 0 amide bonds. The molecular formula is C64H77N5O9. The third kappa shape index (κ3) is 9.21. The Morgan fingerprint density at radius 3 is 2.59 bits per heavy atom. The van der Waals surface area contributed by atoms with Crippen LogP contribution in [0.25, 0.3) is 16.8 Å². The van der Waals surface area contributed by atoms with E-state index >= 15 is 4.79 Å². The summed E-state index contributed by atoms with van der Waals surface area (Å²) in [5.74, 6) is 7.59. The van der Waals surface area contributed by atoms with Gasteiger partial charge in [-0.2, -0.15) is 0 Å². The number of Topliss-reactive ketones (excluding diaryl/α,β-unsaturated/α-hetero) is 2. The highest BCUT2D eigenvalue weighted by atomic mass is 16.5. The molecule has 12 N–H and O–H groups in total. The number of aromatic amines is 1. The number of phenols is 1. The minimum Gasteiger partial charge on any atom is -0.504 e. The molecule has 1 aromatic heterocycles. The number of piperidine rings is 1. The molecule has 8 aliphatic rings. The number of aromatic nitrogens is 1. The molecule has 0 radical (unpaired) electrons. The maximum absolute atomic E-state index is 15.1. The van der Waals surface area contributed by atoms with E-state index in [1.165, 1.54) is 18.4 Å². The Morgan fingerprint density at radius 2 is 1.81 bits per heavy atom. The summed E-state index contributed by atoms with van der Waals surface area (Å²) in [4.78, 5) is 32.7. The van der Waals surface area contributed by atoms with Crippen LogP contribution in [0.3, 0.4) is 0 Å². The van der Waals surface area contributed by atoms with Gasteiger partial charge in [-0.15, -0.1) is 0 Å². The number of aryl methyl sites for hydroxylation is 1. The zero-order valence-corrected chi connectivity index (χ0v) is 44.8. The second-order valence-electron chi connectivity index (χ2n) is 24.2. The highest BCUT2D eigenvalue weighted by molar-refractivity contribution is 5.90. The Hall–Kier alpha value is -5.76. The van der Waals surface area contributed by atoms with Gasteiger partial charge in [0.2, 0.25) is 0 Å². The van der Waals surface area contributed by atoms with E-state index in [9.17, 15) is 35.4 Å². The van der Waals surface area contributed by atoms with Crippen molar-refractivity contribution in [1.29, 1.82) is 0 Å². The number of hydrogen-bond donors (Lipinski definition) is 11. The molecule has 412 valence electrons. The number of aliphatic hydroxyl groups is 5. The summed E-state index contributed by atoms with van der Waals surface area (Å²) >= 11 is 0. The van der Waals surface area contributed by atoms with Gasteiger partial charge in [0.25, 0.3) is 0 Å². The van der Waals surface area contributed by atoms with E-state index < -0.39 is 35.9 Å². The van der Waals surface area contributed by atoms with Crippen LogP contribution in [0.2, 0.25) is 0 Å². The molecule has 14 heteroatoms. The number of phenolic OH excluding ortho intramolecular Hbond substituents is 1. The maximum atomic E-state index is 15.1. The van der Waals surface area contributed by atoms with E-state index in [4.69, 9.17) is 10.5 Å². The highest BCUT2D eigenvalue weighted by Crippen LogP contribution is 2.67. The molecule has 3 saturated carbocycles. The number of carbonyl (C=O) groups is 2. The van der Waals surface area contributed by atoms with E-state index in [-0.39, 0.29) is 121 Å². The van der Waals surface area contributed by atoms with Crippen molar-refractivity contribution in [1.82, 2.24) is 20.9 Å². The van der Waals surface area contributed by atoms with Gasteiger partial charge in [0, 0.05) is 66.9 Å². The van der Waals surface area contributed by atoms with Crippen LogP contribution in [0.5, 0.6) is 11.5 Å². The molecule has 12 rings (SSSR count). The van der Waals surface area contributed by atoms with Gasteiger partial charge in [-0.3, -0.25) is 9.59 Å². The van der Waals surface area contributed by atoms with Crippen LogP contribution in [-0.2, 0) is 16.0 Å². The van der Waals surface area contributed by atoms with Crippen LogP contribution >= 0.6 is 0 Å². The van der Waals surface area contributed by atoms with Crippen molar-refractivity contribution in [3.8, 4) is 23.3 Å². The number of ketones is 2. The number of ether oxygens (including phenoxy) is 1. The van der Waals surface area contributed by atoms with Gasteiger partial charge in [0.1, 0.15) is 11.2 Å². The SMILES string of the molecule is CCNCC1C2c3[nH]cc4c3C3C(C=C4)C(=O)CC4NCC(C(CCC(O)O)C1C1CCC5(C#CC(CC(O)C(O)CC(C6=CCNC(N)=C6)c6ccc7ccccc7c6)c6cc(O)c(OC)cc6CCC5=O)C(O)C1)C2C43. The molecule has 17 atom stereocenters. The van der Waals surface area contributed by atoms with Crippen molar-refractivity contribution >= 4 is 28.4 Å². The molecule has 2 aliphatic heterocycles. The number of carbonyl (C=O) groups excluding carboxylic acids is 2. The number of hydrogen-bond acceptors (Lipinski definition) is 13. The smallest absolute Gasteiger partial charge is 0.160 e. The predicted molar refractivity (Wildman–Crippen MR) is 298 cm³/mol. The minimum atomic E-state index is -1.47. The van der Waals surface area contributed by atoms with Crippen LogP contribution in [0.4, 0.5) is 0 Å². The van der Waals surface area contributed by atoms with E-state index in [0.29, 0.717) is 55.8 Å². The molecule has 4 aromatic rings. The summed E-state index contributed by atoms with van der Waals surface area (Å²) in [6.07, 6.45) is 8.36. The summed E-state index contributed by atoms with van der Waals surface area (Å²) in [6.45, 7) is 4.88. The van der Waals surface area contributed by atoms with E-state index in [1.807, 2.05) is 18.2 Å². The lowest BCUT2D eigenvalue weighted by molar-refractivity contribution is -0.144. The van der Waals surface area contributed by atoms with Crippen LogP contribution in [0.1, 0.15) is 122 Å². The van der Waals surface area contributed by atoms with Gasteiger partial charge in [0.15, 0.2) is 23.6 Å². The van der Waals surface area contributed by atoms with Gasteiger partial charge in [-0.05, 0) is 175 Å². The second kappa shape index (κ2) is 21.4. The summed E-state index contributed by atoms with van der Waals surface area (Å²) in [7, 11) is 1.48. The Labute approximate surface area is 457 Å². The summed E-state index contributed by atoms with van der Waals surface area (Å²) in [5, 5.41) is 82.6. The van der Waals surface area contributed by atoms with Crippen LogP contribution in [-0.4, -0.2) is 111 Å². The topological polar surface area (TPSA) is 243 Å². The average molecular weight is 1060 g/mol. The summed E-state index contributed by atoms with van der Waals surface area (Å²) in [6, 6.07) is 17.8. The first-order valence-electron chi connectivity index (χ1n) is 28.9. The Balaban J connectivity index is 0.873. The van der Waals surface area contributed by atoms with Crippen LogP contribution in [0, 0.1) is 64.6 Å². The molecule has 3 aromatic carbocycles. The van der Waals surface area contributed by atoms with Crippen LogP contribution < -0.4 is 26.4 Å². The Morgan fingerprint density at radius 1 is 0.974 bits per heavy atom. The monoisotopic (exact) mass is 1060 g/mol. The highest BCUT2D eigenvalue weighted by Gasteiger charge is 2.65. The summed E-state index contributed by atoms with van der Waals surface area (Å²) < 4.78 is 5.57. The number of dihydropyridines is 1. The van der Waals surface area contributed by atoms with E-state index in [0.717, 1.165) is 52.7 Å². The van der Waals surface area contributed by atoms with Gasteiger partial charge < -0.3 is 62.0 Å². The van der Waals surface area contributed by atoms with Crippen molar-refractivity contribution in [2.75, 3.05) is 33.3 Å². The first kappa shape index (κ1) is 52.9. The largest absolute Gasteiger partial charge is 0.504 e. The second-order valence-corrected chi connectivity index (χ2v) is 24.2. The fourth-order valence-electron chi connectivity index (χ4n) is 17.0. The third-order valence-electron chi connectivity index (χ3n) is 20.4. The Kier molecular flexibility index (Phi) is 14.5. The number of nitrogens with one attached hydrogen (secondary N) is 4. The first-order chi connectivity index (χ1) is 37.8. The van der Waals surface area contributed by atoms with Crippen molar-refractivity contribution in [3.63, 3.8) is 0 Å². The molecular weight excluding hydrogens is 983 g/mol. The molecule has 78 heavy (non-hydrogen) atoms. The lowest BCUT2D eigenvalue weighted by atomic mass is 9.41. The number of aromatic hydroxyl groups is 1. The zero-order chi connectivity index (χ0) is 54.1. The quantitative estimate of drug-likeness (QED) is 0.0475. The molecule has 14 nitrogen and oxygen atoms in total. The van der Waals surface area contributed by atoms with E-state index in [2.05, 4.69) is 94.5 Å². The van der Waals surface area contributed by atoms with Gasteiger partial charge in [-0.25, -0.2) is 0 Å². The maximum Gasteiger partial charge on any atom is 0.160 e. The minimum absolute atomic E-state index is 0.0145. The molecule has 0 bridgehead atoms. The van der Waals surface area contributed by atoms with Gasteiger partial charge >= 0.3 is 0 Å². The van der Waals surface area contributed by atoms with Crippen molar-refractivity contribution < 1.29 is 45.0 Å². The number of benzene rings is 3. The van der Waals surface area contributed by atoms with E-state index in [1.54, 1.807) is 12.1 Å². The fourth-order valence-corrected chi connectivity index (χ4v) is 17.0. The molecule has 1 spiro atoms. The summed E-state index contributed by atoms with van der Waals surface area (Å²) in [5.41, 5.74) is 11.8. The molecule has 17 unspecified atom stereocenters. The molecule has 3 heterocycles. The van der Waals surface area contributed by atoms with Crippen molar-refractivity contribution in [2.45, 2.75) is 125 Å². The standard InChI is InChI=1S/C64H77N5O9/c1-3-66-31-46-57(41(13-15-56(76)77)45-32-68-47-29-48(70)42-12-10-40-30-69-63-58(40)59(42)62(47)60(45)61(46)63)39-17-20-64(54(75)25-39)19-16-37(44-28-51(73)52(78-2)24-36(44)11-14-53(64)74)23-49(71)50(72)27-43(38-18-21-67-55(65)26-38)35-9-8-33-6-4-5-7-34(33)22-35/h4-10,12,18,22,24,26,28,30,37,39,41-43,45-47,49-50,54,56-57,59-62,66-69,71-73,75-77H,3,11,13-15,17,20-21,23,25,27,29,31-32,65H2,1-2H3. The first-order valence-corrected chi connectivity index (χ1v) is 28.9. The fraction of sp³-hybridized carbons (Fsp3) is 0.531. The molecule has 6 aliphatic carbocycles. The van der Waals surface area contributed by atoms with Gasteiger partial charge in [-0.1, -0.05) is 79.5 Å². The number of methoxy groups -OCH3 is 1. The number of nitrogens with two attached hydrogens (primary N) is 1. The van der Waals surface area contributed by atoms with Gasteiger partial charge in [0.05, 0.1) is 31.2 Å². The number of allylic oxidation sites excluding steroid dienone is 3. The predicted octanol–water partition coefficient (Wildman–Crippen LogP) is 6.13. The number of rotatable bonds is 15.